The van der Waals surface area contributed by atoms with Gasteiger partial charge in [0, 0.05) is 11.1 Å². The molecule has 1 amide bonds. The summed E-state index contributed by atoms with van der Waals surface area (Å²) in [7, 11) is 0. The molecule has 0 aliphatic heterocycles. The van der Waals surface area contributed by atoms with E-state index < -0.39 is 5.97 Å². The van der Waals surface area contributed by atoms with Gasteiger partial charge in [0.1, 0.15) is 12.4 Å². The number of ether oxygens (including phenoxy) is 1. The van der Waals surface area contributed by atoms with Crippen molar-refractivity contribution in [3.8, 4) is 11.4 Å². The topological polar surface area (TPSA) is 94.3 Å². The third-order valence-corrected chi connectivity index (χ3v) is 4.09. The lowest BCUT2D eigenvalue weighted by atomic mass is 10.1. The molecule has 1 N–H and O–H groups in total. The minimum absolute atomic E-state index is 0.0909. The fourth-order valence-corrected chi connectivity index (χ4v) is 2.36. The summed E-state index contributed by atoms with van der Waals surface area (Å²) in [5, 5.41) is 6.26. The second kappa shape index (κ2) is 8.43. The quantitative estimate of drug-likeness (QED) is 0.658. The molecule has 0 atom stereocenters. The van der Waals surface area contributed by atoms with Crippen molar-refractivity contribution < 1.29 is 23.2 Å². The van der Waals surface area contributed by atoms with Gasteiger partial charge >= 0.3 is 5.97 Å². The van der Waals surface area contributed by atoms with Crippen LogP contribution < -0.4 is 5.32 Å². The summed E-state index contributed by atoms with van der Waals surface area (Å²) in [6.45, 7) is 3.34. The molecule has 0 saturated carbocycles. The number of hydrogen-bond acceptors (Lipinski definition) is 6. The summed E-state index contributed by atoms with van der Waals surface area (Å²) < 4.78 is 23.0. The maximum absolute atomic E-state index is 12.9. The molecule has 0 aliphatic rings. The maximum atomic E-state index is 12.9. The molecule has 3 rings (SSSR count). The number of amides is 1. The summed E-state index contributed by atoms with van der Waals surface area (Å²) in [6, 6.07) is 10.9. The summed E-state index contributed by atoms with van der Waals surface area (Å²) in [5.74, 6) is -1.03. The lowest BCUT2D eigenvalue weighted by molar-refractivity contribution is -0.144. The smallest absolute Gasteiger partial charge is 0.325 e. The highest BCUT2D eigenvalue weighted by atomic mass is 19.1. The number of nitrogens with one attached hydrogen (secondary N) is 1. The Bertz CT molecular complexity index is 999. The monoisotopic (exact) mass is 383 g/mol. The van der Waals surface area contributed by atoms with Crippen molar-refractivity contribution in [2.24, 2.45) is 0 Å². The number of rotatable bonds is 6. The Morgan fingerprint density at radius 3 is 2.57 bits per heavy atom. The molecule has 2 aromatic carbocycles. The van der Waals surface area contributed by atoms with Crippen LogP contribution in [0, 0.1) is 19.7 Å². The van der Waals surface area contributed by atoms with Crippen LogP contribution in [0.2, 0.25) is 0 Å². The summed E-state index contributed by atoms with van der Waals surface area (Å²) in [5.41, 5.74) is 3.11. The summed E-state index contributed by atoms with van der Waals surface area (Å²) in [4.78, 5) is 28.0. The van der Waals surface area contributed by atoms with Crippen LogP contribution in [0.15, 0.2) is 47.0 Å². The highest BCUT2D eigenvalue weighted by Gasteiger charge is 2.13. The molecule has 0 bridgehead atoms. The number of esters is 1. The predicted molar refractivity (Wildman–Crippen MR) is 97.7 cm³/mol. The zero-order valence-corrected chi connectivity index (χ0v) is 15.4. The predicted octanol–water partition coefficient (Wildman–Crippen LogP) is 2.97. The van der Waals surface area contributed by atoms with Crippen molar-refractivity contribution in [2.45, 2.75) is 20.5 Å². The number of aromatic nitrogens is 2. The minimum Gasteiger partial charge on any atom is -0.454 e. The van der Waals surface area contributed by atoms with E-state index in [9.17, 15) is 14.0 Å². The van der Waals surface area contributed by atoms with Crippen molar-refractivity contribution in [1.82, 2.24) is 15.5 Å². The molecule has 3 aromatic rings. The Kier molecular flexibility index (Phi) is 5.78. The minimum atomic E-state index is -0.640. The number of nitrogens with zero attached hydrogens (tertiary/aromatic N) is 2. The third-order valence-electron chi connectivity index (χ3n) is 4.09. The number of halogens is 1. The second-order valence-corrected chi connectivity index (χ2v) is 6.16. The van der Waals surface area contributed by atoms with Crippen molar-refractivity contribution >= 4 is 11.9 Å². The first kappa shape index (κ1) is 19.2. The molecule has 0 spiro atoms. The zero-order chi connectivity index (χ0) is 20.1. The van der Waals surface area contributed by atoms with Gasteiger partial charge in [0.05, 0.1) is 0 Å². The maximum Gasteiger partial charge on any atom is 0.325 e. The van der Waals surface area contributed by atoms with Gasteiger partial charge < -0.3 is 14.6 Å². The van der Waals surface area contributed by atoms with Gasteiger partial charge in [-0.3, -0.25) is 9.59 Å². The number of benzene rings is 2. The molecule has 8 heteroatoms. The number of aryl methyl sites for hydroxylation is 2. The van der Waals surface area contributed by atoms with E-state index in [4.69, 9.17) is 9.26 Å². The van der Waals surface area contributed by atoms with Crippen LogP contribution in [0.1, 0.15) is 27.4 Å². The molecule has 144 valence electrons. The highest BCUT2D eigenvalue weighted by molar-refractivity contribution is 5.96. The van der Waals surface area contributed by atoms with Gasteiger partial charge in [-0.05, 0) is 61.4 Å². The molecule has 7 nitrogen and oxygen atoms in total. The third kappa shape index (κ3) is 4.79. The van der Waals surface area contributed by atoms with Crippen molar-refractivity contribution in [3.05, 3.63) is 70.9 Å². The van der Waals surface area contributed by atoms with Gasteiger partial charge in [-0.25, -0.2) is 4.39 Å². The molecule has 1 heterocycles. The molecule has 0 unspecified atom stereocenters. The zero-order valence-electron chi connectivity index (χ0n) is 15.4. The van der Waals surface area contributed by atoms with Gasteiger partial charge in [0.25, 0.3) is 11.8 Å². The first-order valence-corrected chi connectivity index (χ1v) is 8.52. The SMILES string of the molecule is Cc1ccc(C(=O)NCC(=O)OCc2nc(-c3ccc(F)cc3)no2)cc1C. The summed E-state index contributed by atoms with van der Waals surface area (Å²) >= 11 is 0. The van der Waals surface area contributed by atoms with Crippen molar-refractivity contribution in [2.75, 3.05) is 6.54 Å². The number of carbonyl (C=O) groups is 2. The van der Waals surface area contributed by atoms with E-state index >= 15 is 0 Å². The summed E-state index contributed by atoms with van der Waals surface area (Å²) in [6.07, 6.45) is 0. The van der Waals surface area contributed by atoms with E-state index in [2.05, 4.69) is 15.5 Å². The first-order chi connectivity index (χ1) is 13.4. The fourth-order valence-electron chi connectivity index (χ4n) is 2.36. The molecule has 28 heavy (non-hydrogen) atoms. The van der Waals surface area contributed by atoms with E-state index in [0.717, 1.165) is 11.1 Å². The van der Waals surface area contributed by atoms with E-state index in [1.807, 2.05) is 19.9 Å². The largest absolute Gasteiger partial charge is 0.454 e. The standard InChI is InChI=1S/C20H18FN3O4/c1-12-3-4-15(9-13(12)2)20(26)22-10-18(25)27-11-17-23-19(24-28-17)14-5-7-16(21)8-6-14/h3-9H,10-11H2,1-2H3,(H,22,26). The fraction of sp³-hybridized carbons (Fsp3) is 0.200. The molecular formula is C20H18FN3O4. The number of hydrogen-bond donors (Lipinski definition) is 1. The Labute approximate surface area is 160 Å². The Morgan fingerprint density at radius 1 is 1.11 bits per heavy atom. The van der Waals surface area contributed by atoms with Crippen LogP contribution in [0.25, 0.3) is 11.4 Å². The average molecular weight is 383 g/mol. The van der Waals surface area contributed by atoms with Gasteiger partial charge in [0.2, 0.25) is 5.82 Å². The average Bonchev–Trinajstić information content (AvgIpc) is 3.16. The highest BCUT2D eigenvalue weighted by Crippen LogP contribution is 2.16. The first-order valence-electron chi connectivity index (χ1n) is 8.52. The van der Waals surface area contributed by atoms with Crippen LogP contribution in [-0.2, 0) is 16.1 Å². The van der Waals surface area contributed by atoms with Gasteiger partial charge in [0.15, 0.2) is 6.61 Å². The lowest BCUT2D eigenvalue weighted by Crippen LogP contribution is -2.30. The van der Waals surface area contributed by atoms with E-state index in [0.29, 0.717) is 11.1 Å². The normalized spacial score (nSPS) is 10.5. The van der Waals surface area contributed by atoms with E-state index in [1.54, 1.807) is 12.1 Å². The molecule has 0 aliphatic carbocycles. The molecule has 0 fully saturated rings. The van der Waals surface area contributed by atoms with Gasteiger partial charge in [-0.1, -0.05) is 11.2 Å². The molecule has 0 radical (unpaired) electrons. The van der Waals surface area contributed by atoms with Crippen LogP contribution >= 0.6 is 0 Å². The van der Waals surface area contributed by atoms with E-state index in [1.165, 1.54) is 24.3 Å². The van der Waals surface area contributed by atoms with Gasteiger partial charge in [-0.2, -0.15) is 4.98 Å². The van der Waals surface area contributed by atoms with Crippen molar-refractivity contribution in [1.29, 1.82) is 0 Å². The van der Waals surface area contributed by atoms with Crippen LogP contribution in [0.5, 0.6) is 0 Å². The molecule has 0 saturated heterocycles. The van der Waals surface area contributed by atoms with Gasteiger partial charge in [-0.15, -0.1) is 0 Å². The van der Waals surface area contributed by atoms with Crippen LogP contribution in [-0.4, -0.2) is 28.6 Å². The van der Waals surface area contributed by atoms with E-state index in [-0.39, 0.29) is 36.6 Å². The molecule has 1 aromatic heterocycles. The van der Waals surface area contributed by atoms with Crippen LogP contribution in [0.4, 0.5) is 4.39 Å². The second-order valence-electron chi connectivity index (χ2n) is 6.16. The molecular weight excluding hydrogens is 365 g/mol. The lowest BCUT2D eigenvalue weighted by Gasteiger charge is -2.07. The Morgan fingerprint density at radius 2 is 1.86 bits per heavy atom. The Balaban J connectivity index is 1.48. The van der Waals surface area contributed by atoms with Crippen LogP contribution in [0.3, 0.4) is 0 Å². The Hall–Kier alpha value is -3.55. The number of carbonyl (C=O) groups excluding carboxylic acids is 2. The van der Waals surface area contributed by atoms with Crippen molar-refractivity contribution in [3.63, 3.8) is 0 Å².